The fourth-order valence-corrected chi connectivity index (χ4v) is 6.89. The lowest BCUT2D eigenvalue weighted by molar-refractivity contribution is 0.340. The molecule has 0 aromatic heterocycles. The van der Waals surface area contributed by atoms with Crippen molar-refractivity contribution in [2.45, 2.75) is 53.9 Å². The van der Waals surface area contributed by atoms with Gasteiger partial charge in [0.15, 0.2) is 0 Å². The molecule has 4 heteroatoms. The minimum absolute atomic E-state index is 0.345. The van der Waals surface area contributed by atoms with Crippen LogP contribution >= 0.6 is 0 Å². The van der Waals surface area contributed by atoms with Crippen LogP contribution in [0.4, 0.5) is 34.1 Å². The van der Waals surface area contributed by atoms with Crippen molar-refractivity contribution >= 4 is 34.1 Å². The van der Waals surface area contributed by atoms with Crippen LogP contribution in [0.25, 0.3) is 0 Å². The van der Waals surface area contributed by atoms with E-state index in [0.29, 0.717) is 12.5 Å². The molecule has 0 N–H and O–H groups in total. The Kier molecular flexibility index (Phi) is 10.9. The molecule has 0 aliphatic carbocycles. The first kappa shape index (κ1) is 35.1. The molecule has 0 saturated heterocycles. The maximum Gasteiger partial charge on any atom is 0.126 e. The number of nitrogens with zero attached hydrogens (tertiary/aromatic N) is 2. The van der Waals surface area contributed by atoms with Gasteiger partial charge in [0.1, 0.15) is 11.5 Å². The topological polar surface area (TPSA) is 24.9 Å². The third-order valence-electron chi connectivity index (χ3n) is 9.11. The molecule has 6 aromatic rings. The van der Waals surface area contributed by atoms with E-state index in [9.17, 15) is 0 Å². The van der Waals surface area contributed by atoms with Crippen LogP contribution in [-0.2, 0) is 6.42 Å². The summed E-state index contributed by atoms with van der Waals surface area (Å²) >= 11 is 0. The molecule has 0 fully saturated rings. The molecule has 0 amide bonds. The third kappa shape index (κ3) is 8.53. The second kappa shape index (κ2) is 15.9. The SMILES string of the molecule is C=COc1ccc(N(c2ccc(CC(C)c3ccc(N(c4ccc(OCC)cc4)c4cc(C)cc(C)c4)cc3)cc2)c2cc(C)cc(C)c2)cc1. The fraction of sp³-hybridized carbons (Fsp3) is 0.191. The summed E-state index contributed by atoms with van der Waals surface area (Å²) in [4.78, 5) is 4.62. The molecule has 51 heavy (non-hydrogen) atoms. The minimum atomic E-state index is 0.345. The molecular weight excluding hydrogens is 625 g/mol. The van der Waals surface area contributed by atoms with E-state index in [-0.39, 0.29) is 0 Å². The number of ether oxygens (including phenoxy) is 2. The predicted molar refractivity (Wildman–Crippen MR) is 215 cm³/mol. The van der Waals surface area contributed by atoms with Gasteiger partial charge >= 0.3 is 0 Å². The van der Waals surface area contributed by atoms with E-state index in [4.69, 9.17) is 9.47 Å². The second-order valence-corrected chi connectivity index (χ2v) is 13.4. The van der Waals surface area contributed by atoms with Crippen molar-refractivity contribution in [3.05, 3.63) is 180 Å². The smallest absolute Gasteiger partial charge is 0.126 e. The molecule has 0 heterocycles. The lowest BCUT2D eigenvalue weighted by Gasteiger charge is -2.27. The van der Waals surface area contributed by atoms with Crippen LogP contribution in [0.3, 0.4) is 0 Å². The van der Waals surface area contributed by atoms with Crippen LogP contribution < -0.4 is 19.3 Å². The molecule has 6 rings (SSSR count). The van der Waals surface area contributed by atoms with Gasteiger partial charge in [-0.1, -0.05) is 49.9 Å². The van der Waals surface area contributed by atoms with Gasteiger partial charge in [0, 0.05) is 34.1 Å². The number of benzene rings is 6. The highest BCUT2D eigenvalue weighted by molar-refractivity contribution is 5.79. The zero-order valence-corrected chi connectivity index (χ0v) is 30.7. The van der Waals surface area contributed by atoms with E-state index in [2.05, 4.69) is 160 Å². The summed E-state index contributed by atoms with van der Waals surface area (Å²) in [7, 11) is 0. The van der Waals surface area contributed by atoms with E-state index in [1.165, 1.54) is 39.6 Å². The van der Waals surface area contributed by atoms with Crippen LogP contribution in [0.2, 0.25) is 0 Å². The Balaban J connectivity index is 1.24. The summed E-state index contributed by atoms with van der Waals surface area (Å²) in [6, 6.07) is 47.9. The Morgan fingerprint density at radius 1 is 0.529 bits per heavy atom. The van der Waals surface area contributed by atoms with Gasteiger partial charge in [-0.2, -0.15) is 0 Å². The molecule has 0 aliphatic heterocycles. The van der Waals surface area contributed by atoms with Crippen molar-refractivity contribution in [1.82, 2.24) is 0 Å². The van der Waals surface area contributed by atoms with E-state index in [1.54, 1.807) is 0 Å². The quantitative estimate of drug-likeness (QED) is 0.114. The number of hydrogen-bond acceptors (Lipinski definition) is 4. The monoisotopic (exact) mass is 672 g/mol. The number of hydrogen-bond donors (Lipinski definition) is 0. The van der Waals surface area contributed by atoms with Crippen molar-refractivity contribution in [1.29, 1.82) is 0 Å². The first-order chi connectivity index (χ1) is 24.7. The normalized spacial score (nSPS) is 11.5. The number of anilines is 6. The summed E-state index contributed by atoms with van der Waals surface area (Å²) in [5.74, 6) is 1.99. The molecule has 4 nitrogen and oxygen atoms in total. The van der Waals surface area contributed by atoms with Crippen molar-refractivity contribution in [2.24, 2.45) is 0 Å². The van der Waals surface area contributed by atoms with Gasteiger partial charge < -0.3 is 19.3 Å². The van der Waals surface area contributed by atoms with Crippen molar-refractivity contribution in [2.75, 3.05) is 16.4 Å². The highest BCUT2D eigenvalue weighted by Gasteiger charge is 2.17. The molecular formula is C47H48N2O2. The molecule has 0 radical (unpaired) electrons. The Hall–Kier alpha value is -5.74. The van der Waals surface area contributed by atoms with Crippen LogP contribution in [0.15, 0.2) is 146 Å². The molecule has 1 unspecified atom stereocenters. The van der Waals surface area contributed by atoms with Gasteiger partial charge in [-0.15, -0.1) is 0 Å². The average Bonchev–Trinajstić information content (AvgIpc) is 3.10. The maximum absolute atomic E-state index is 5.73. The van der Waals surface area contributed by atoms with Gasteiger partial charge in [-0.25, -0.2) is 0 Å². The first-order valence-electron chi connectivity index (χ1n) is 17.8. The van der Waals surface area contributed by atoms with Crippen molar-refractivity contribution in [3.8, 4) is 11.5 Å². The van der Waals surface area contributed by atoms with E-state index in [0.717, 1.165) is 52.0 Å². The second-order valence-electron chi connectivity index (χ2n) is 13.4. The number of aryl methyl sites for hydroxylation is 4. The minimum Gasteiger partial charge on any atom is -0.494 e. The predicted octanol–water partition coefficient (Wildman–Crippen LogP) is 13.1. The van der Waals surface area contributed by atoms with Gasteiger partial charge in [0.25, 0.3) is 0 Å². The Labute approximate surface area is 304 Å². The third-order valence-corrected chi connectivity index (χ3v) is 9.11. The van der Waals surface area contributed by atoms with E-state index < -0.39 is 0 Å². The van der Waals surface area contributed by atoms with E-state index >= 15 is 0 Å². The van der Waals surface area contributed by atoms with Crippen LogP contribution in [0.1, 0.15) is 53.1 Å². The zero-order valence-electron chi connectivity index (χ0n) is 30.7. The molecule has 0 bridgehead atoms. The van der Waals surface area contributed by atoms with Gasteiger partial charge in [0.2, 0.25) is 0 Å². The molecule has 258 valence electrons. The highest BCUT2D eigenvalue weighted by Crippen LogP contribution is 2.39. The summed E-state index contributed by atoms with van der Waals surface area (Å²) in [5.41, 5.74) is 14.2. The lowest BCUT2D eigenvalue weighted by atomic mass is 9.93. The standard InChI is InChI=1S/C47H48N2O2/c1-8-50-46-22-18-42(19-23-46)48(44-28-33(3)26-34(4)29-44)40-14-10-38(11-15-40)32-37(7)39-12-16-41(17-13-39)49(45-30-35(5)27-36(6)31-45)43-20-24-47(25-21-43)51-9-2/h8,10-31,37H,1,9,32H2,2-7H3. The largest absolute Gasteiger partial charge is 0.494 e. The Morgan fingerprint density at radius 2 is 0.922 bits per heavy atom. The molecule has 1 atom stereocenters. The van der Waals surface area contributed by atoms with Crippen LogP contribution in [0, 0.1) is 27.7 Å². The molecule has 0 saturated carbocycles. The summed E-state index contributed by atoms with van der Waals surface area (Å²) in [6.45, 7) is 17.3. The van der Waals surface area contributed by atoms with Gasteiger partial charge in [-0.05, 0) is 177 Å². The van der Waals surface area contributed by atoms with Crippen molar-refractivity contribution in [3.63, 3.8) is 0 Å². The highest BCUT2D eigenvalue weighted by atomic mass is 16.5. The Bertz CT molecular complexity index is 2020. The van der Waals surface area contributed by atoms with Gasteiger partial charge in [-0.3, -0.25) is 0 Å². The first-order valence-corrected chi connectivity index (χ1v) is 17.8. The molecule has 0 spiro atoms. The van der Waals surface area contributed by atoms with Crippen LogP contribution in [-0.4, -0.2) is 6.61 Å². The summed E-state index contributed by atoms with van der Waals surface area (Å²) in [6.07, 6.45) is 2.39. The molecule has 0 aliphatic rings. The zero-order chi connectivity index (χ0) is 35.9. The summed E-state index contributed by atoms with van der Waals surface area (Å²) in [5, 5.41) is 0. The summed E-state index contributed by atoms with van der Waals surface area (Å²) < 4.78 is 11.2. The average molecular weight is 673 g/mol. The lowest BCUT2D eigenvalue weighted by Crippen LogP contribution is -2.11. The van der Waals surface area contributed by atoms with Crippen molar-refractivity contribution < 1.29 is 9.47 Å². The van der Waals surface area contributed by atoms with Gasteiger partial charge in [0.05, 0.1) is 12.9 Å². The maximum atomic E-state index is 5.73. The van der Waals surface area contributed by atoms with E-state index in [1.807, 2.05) is 31.2 Å². The Morgan fingerprint density at radius 3 is 1.33 bits per heavy atom. The molecule has 6 aromatic carbocycles. The fourth-order valence-electron chi connectivity index (χ4n) is 6.89. The number of rotatable bonds is 13. The van der Waals surface area contributed by atoms with Crippen LogP contribution in [0.5, 0.6) is 11.5 Å².